The molecule has 5 heteroatoms. The Morgan fingerprint density at radius 1 is 1.04 bits per heavy atom. The van der Waals surface area contributed by atoms with Crippen molar-refractivity contribution in [2.45, 2.75) is 19.1 Å². The summed E-state index contributed by atoms with van der Waals surface area (Å²) in [5.41, 5.74) is 1.81. The third-order valence-electron chi connectivity index (χ3n) is 3.96. The van der Waals surface area contributed by atoms with Gasteiger partial charge < -0.3 is 9.47 Å². The number of rotatable bonds is 5. The van der Waals surface area contributed by atoms with Gasteiger partial charge in [-0.05, 0) is 18.1 Å². The molecule has 0 radical (unpaired) electrons. The minimum absolute atomic E-state index is 0.129. The van der Waals surface area contributed by atoms with E-state index in [0.717, 1.165) is 11.1 Å². The number of amides is 1. The molecule has 1 amide bonds. The van der Waals surface area contributed by atoms with Crippen LogP contribution in [0.15, 0.2) is 60.7 Å². The Bertz CT molecular complexity index is 702. The summed E-state index contributed by atoms with van der Waals surface area (Å²) in [5.74, 6) is -0.441. The maximum absolute atomic E-state index is 12.4. The highest BCUT2D eigenvalue weighted by Gasteiger charge is 2.44. The van der Waals surface area contributed by atoms with E-state index in [-0.39, 0.29) is 19.2 Å². The van der Waals surface area contributed by atoms with Crippen LogP contribution in [0.2, 0.25) is 0 Å². The molecule has 1 aliphatic rings. The lowest BCUT2D eigenvalue weighted by atomic mass is 9.95. The van der Waals surface area contributed by atoms with Crippen LogP contribution < -0.4 is 0 Å². The molecule has 24 heavy (non-hydrogen) atoms. The molecule has 0 bridgehead atoms. The van der Waals surface area contributed by atoms with Crippen LogP contribution in [-0.4, -0.2) is 30.1 Å². The number of hydrogen-bond acceptors (Lipinski definition) is 4. The molecule has 2 aromatic carbocycles. The molecule has 2 aromatic rings. The fraction of sp³-hybridized carbons (Fsp3) is 0.263. The molecule has 1 fully saturated rings. The minimum Gasteiger partial charge on any atom is -0.465 e. The Morgan fingerprint density at radius 2 is 1.62 bits per heavy atom. The van der Waals surface area contributed by atoms with Crippen molar-refractivity contribution in [3.8, 4) is 0 Å². The predicted octanol–water partition coefficient (Wildman–Crippen LogP) is 3.48. The highest BCUT2D eigenvalue weighted by molar-refractivity contribution is 5.80. The molecule has 0 unspecified atom stereocenters. The fourth-order valence-electron chi connectivity index (χ4n) is 2.92. The smallest absolute Gasteiger partial charge is 0.411 e. The zero-order chi connectivity index (χ0) is 16.9. The first kappa shape index (κ1) is 16.1. The summed E-state index contributed by atoms with van der Waals surface area (Å²) in [6.45, 7) is 1.89. The van der Waals surface area contributed by atoms with E-state index >= 15 is 0 Å². The molecule has 5 nitrogen and oxygen atoms in total. The Morgan fingerprint density at radius 3 is 2.21 bits per heavy atom. The summed E-state index contributed by atoms with van der Waals surface area (Å²) in [4.78, 5) is 25.7. The van der Waals surface area contributed by atoms with Crippen LogP contribution in [0.1, 0.15) is 30.2 Å². The summed E-state index contributed by atoms with van der Waals surface area (Å²) in [5, 5.41) is 0. The molecule has 1 saturated heterocycles. The van der Waals surface area contributed by atoms with Crippen molar-refractivity contribution in [3.63, 3.8) is 0 Å². The van der Waals surface area contributed by atoms with Crippen LogP contribution in [0.3, 0.4) is 0 Å². The van der Waals surface area contributed by atoms with Gasteiger partial charge in [0.15, 0.2) is 6.10 Å². The number of carbonyl (C=O) groups is 2. The summed E-state index contributed by atoms with van der Waals surface area (Å²) in [6, 6.07) is 18.8. The van der Waals surface area contributed by atoms with Crippen molar-refractivity contribution < 1.29 is 19.1 Å². The van der Waals surface area contributed by atoms with E-state index in [4.69, 9.17) is 9.47 Å². The number of hydrogen-bond donors (Lipinski definition) is 0. The van der Waals surface area contributed by atoms with Crippen LogP contribution in [0, 0.1) is 0 Å². The molecule has 2 atom stereocenters. The normalized spacial score (nSPS) is 19.9. The van der Waals surface area contributed by atoms with Crippen LogP contribution in [-0.2, 0) is 14.3 Å². The molecule has 0 saturated carbocycles. The first-order chi connectivity index (χ1) is 11.7. The SMILES string of the molecule is CCOC(=O)CN1C(=O)O[C@@H](c2ccccc2)[C@H]1c1ccccc1. The van der Waals surface area contributed by atoms with E-state index in [9.17, 15) is 9.59 Å². The van der Waals surface area contributed by atoms with Gasteiger partial charge in [0.25, 0.3) is 0 Å². The van der Waals surface area contributed by atoms with E-state index in [2.05, 4.69) is 0 Å². The van der Waals surface area contributed by atoms with E-state index < -0.39 is 18.2 Å². The van der Waals surface area contributed by atoms with Crippen molar-refractivity contribution in [1.82, 2.24) is 4.90 Å². The van der Waals surface area contributed by atoms with Crippen molar-refractivity contribution in [3.05, 3.63) is 71.8 Å². The molecule has 0 N–H and O–H groups in total. The van der Waals surface area contributed by atoms with Crippen molar-refractivity contribution in [2.75, 3.05) is 13.2 Å². The van der Waals surface area contributed by atoms with Crippen molar-refractivity contribution in [1.29, 1.82) is 0 Å². The molecule has 1 aliphatic heterocycles. The second-order valence-electron chi connectivity index (χ2n) is 5.50. The van der Waals surface area contributed by atoms with Gasteiger partial charge >= 0.3 is 12.1 Å². The number of ether oxygens (including phenoxy) is 2. The van der Waals surface area contributed by atoms with Gasteiger partial charge in [-0.25, -0.2) is 4.79 Å². The second-order valence-corrected chi connectivity index (χ2v) is 5.50. The fourth-order valence-corrected chi connectivity index (χ4v) is 2.92. The number of esters is 1. The maximum atomic E-state index is 12.4. The maximum Gasteiger partial charge on any atom is 0.411 e. The lowest BCUT2D eigenvalue weighted by Gasteiger charge is -2.24. The third kappa shape index (κ3) is 3.25. The van der Waals surface area contributed by atoms with Gasteiger partial charge in [0, 0.05) is 0 Å². The highest BCUT2D eigenvalue weighted by Crippen LogP contribution is 2.42. The highest BCUT2D eigenvalue weighted by atomic mass is 16.6. The van der Waals surface area contributed by atoms with Crippen molar-refractivity contribution >= 4 is 12.1 Å². The number of nitrogens with zero attached hydrogens (tertiary/aromatic N) is 1. The molecular formula is C19H19NO4. The zero-order valence-corrected chi connectivity index (χ0v) is 13.4. The van der Waals surface area contributed by atoms with Gasteiger partial charge in [-0.2, -0.15) is 0 Å². The summed E-state index contributed by atoms with van der Waals surface area (Å²) < 4.78 is 10.6. The third-order valence-corrected chi connectivity index (χ3v) is 3.96. The second kappa shape index (κ2) is 7.17. The molecular weight excluding hydrogens is 306 g/mol. The van der Waals surface area contributed by atoms with E-state index in [1.165, 1.54) is 4.90 Å². The summed E-state index contributed by atoms with van der Waals surface area (Å²) in [7, 11) is 0. The van der Waals surface area contributed by atoms with Gasteiger partial charge in [-0.15, -0.1) is 0 Å². The van der Waals surface area contributed by atoms with Crippen molar-refractivity contribution in [2.24, 2.45) is 0 Å². The first-order valence-corrected chi connectivity index (χ1v) is 7.93. The number of benzene rings is 2. The topological polar surface area (TPSA) is 55.8 Å². The average Bonchev–Trinajstić information content (AvgIpc) is 2.93. The van der Waals surface area contributed by atoms with Crippen LogP contribution in [0.25, 0.3) is 0 Å². The summed E-state index contributed by atoms with van der Waals surface area (Å²) in [6.07, 6.45) is -0.971. The number of carbonyl (C=O) groups excluding carboxylic acids is 2. The molecule has 124 valence electrons. The van der Waals surface area contributed by atoms with Gasteiger partial charge in [0.05, 0.1) is 6.61 Å². The lowest BCUT2D eigenvalue weighted by molar-refractivity contribution is -0.144. The number of cyclic esters (lactones) is 1. The molecule has 3 rings (SSSR count). The largest absolute Gasteiger partial charge is 0.465 e. The van der Waals surface area contributed by atoms with E-state index in [1.54, 1.807) is 6.92 Å². The first-order valence-electron chi connectivity index (χ1n) is 7.93. The summed E-state index contributed by atoms with van der Waals surface area (Å²) >= 11 is 0. The Kier molecular flexibility index (Phi) is 4.79. The van der Waals surface area contributed by atoms with Gasteiger partial charge in [-0.1, -0.05) is 60.7 Å². The predicted molar refractivity (Wildman–Crippen MR) is 88.2 cm³/mol. The Labute approximate surface area is 140 Å². The zero-order valence-electron chi connectivity index (χ0n) is 13.4. The van der Waals surface area contributed by atoms with E-state index in [1.807, 2.05) is 60.7 Å². The van der Waals surface area contributed by atoms with Gasteiger partial charge in [0.2, 0.25) is 0 Å². The molecule has 0 aliphatic carbocycles. The average molecular weight is 325 g/mol. The monoisotopic (exact) mass is 325 g/mol. The lowest BCUT2D eigenvalue weighted by Crippen LogP contribution is -2.34. The van der Waals surface area contributed by atoms with E-state index in [0.29, 0.717) is 0 Å². The van der Waals surface area contributed by atoms with Gasteiger partial charge in [0.1, 0.15) is 12.6 Å². The molecule has 0 spiro atoms. The molecule has 0 aromatic heterocycles. The minimum atomic E-state index is -0.509. The van der Waals surface area contributed by atoms with Crippen LogP contribution in [0.5, 0.6) is 0 Å². The van der Waals surface area contributed by atoms with Crippen LogP contribution in [0.4, 0.5) is 4.79 Å². The van der Waals surface area contributed by atoms with Crippen LogP contribution >= 0.6 is 0 Å². The Balaban J connectivity index is 1.95. The quantitative estimate of drug-likeness (QED) is 0.790. The molecule has 1 heterocycles. The Hall–Kier alpha value is -2.82. The standard InChI is InChI=1S/C19H19NO4/c1-2-23-16(21)13-20-17(14-9-5-3-6-10-14)18(24-19(20)22)15-11-7-4-8-12-15/h3-12,17-18H,2,13H2,1H3/t17-,18+/m1/s1. The van der Waals surface area contributed by atoms with Gasteiger partial charge in [-0.3, -0.25) is 9.69 Å².